The van der Waals surface area contributed by atoms with E-state index in [9.17, 15) is 4.79 Å². The van der Waals surface area contributed by atoms with Crippen molar-refractivity contribution in [3.05, 3.63) is 57.2 Å². The van der Waals surface area contributed by atoms with Crippen LogP contribution in [-0.4, -0.2) is 32.6 Å². The van der Waals surface area contributed by atoms with Gasteiger partial charge in [-0.25, -0.2) is 9.97 Å². The number of thiophene rings is 1. The number of carbonyl (C=O) groups is 1. The lowest BCUT2D eigenvalue weighted by molar-refractivity contribution is -0.126. The molecule has 0 spiro atoms. The molecule has 0 aliphatic carbocycles. The van der Waals surface area contributed by atoms with E-state index < -0.39 is 0 Å². The van der Waals surface area contributed by atoms with E-state index in [0.717, 1.165) is 33.0 Å². The number of amides is 1. The van der Waals surface area contributed by atoms with E-state index in [0.29, 0.717) is 28.5 Å². The van der Waals surface area contributed by atoms with Gasteiger partial charge >= 0.3 is 0 Å². The van der Waals surface area contributed by atoms with Crippen LogP contribution in [0.1, 0.15) is 10.4 Å². The quantitative estimate of drug-likeness (QED) is 0.377. The number of alkyl halides is 1. The largest absolute Gasteiger partial charge is 0.340 e. The van der Waals surface area contributed by atoms with Gasteiger partial charge in [0, 0.05) is 22.4 Å². The first-order valence-electron chi connectivity index (χ1n) is 8.55. The third-order valence-electron chi connectivity index (χ3n) is 4.48. The summed E-state index contributed by atoms with van der Waals surface area (Å²) in [5.74, 6) is 0.766. The maximum atomic E-state index is 12.3. The molecule has 3 aromatic rings. The van der Waals surface area contributed by atoms with Gasteiger partial charge in [-0.15, -0.1) is 11.3 Å². The molecule has 0 unspecified atom stereocenters. The molecule has 28 heavy (non-hydrogen) atoms. The Labute approximate surface area is 184 Å². The molecule has 4 rings (SSSR count). The van der Waals surface area contributed by atoms with E-state index in [-0.39, 0.29) is 5.91 Å². The number of hydrogen-bond donors (Lipinski definition) is 1. The lowest BCUT2D eigenvalue weighted by Crippen LogP contribution is -2.34. The highest BCUT2D eigenvalue weighted by Gasteiger charge is 2.25. The second-order valence-corrected chi connectivity index (χ2v) is 8.77. The summed E-state index contributed by atoms with van der Waals surface area (Å²) in [6, 6.07) is 5.38. The lowest BCUT2D eigenvalue weighted by atomic mass is 10.0. The molecule has 3 heterocycles. The molecule has 9 heteroatoms. The first-order chi connectivity index (χ1) is 13.6. The van der Waals surface area contributed by atoms with Crippen LogP contribution in [0.25, 0.3) is 10.2 Å². The smallest absolute Gasteiger partial charge is 0.246 e. The maximum Gasteiger partial charge on any atom is 0.246 e. The van der Waals surface area contributed by atoms with Crippen LogP contribution in [0.15, 0.2) is 36.7 Å². The number of halogens is 3. The predicted octanol–water partition coefficient (Wildman–Crippen LogP) is 5.58. The number of allylic oxidation sites excluding steroid dienone is 1. The summed E-state index contributed by atoms with van der Waals surface area (Å²) in [6.45, 7) is 1.26. The fraction of sp³-hybridized carbons (Fsp3) is 0.211. The lowest BCUT2D eigenvalue weighted by Gasteiger charge is -2.26. The molecule has 0 atom stereocenters. The van der Waals surface area contributed by atoms with Crippen molar-refractivity contribution in [2.24, 2.45) is 0 Å². The van der Waals surface area contributed by atoms with Crippen molar-refractivity contribution in [1.82, 2.24) is 14.9 Å². The molecule has 1 amide bonds. The normalized spacial score (nSPS) is 13.9. The SMILES string of the molecule is O=C(C=CCBr)N1CCc2c(sc3ncnc(Nc4ccc(Cl)c(Cl)c4)c23)C1. The van der Waals surface area contributed by atoms with Crippen molar-refractivity contribution in [3.63, 3.8) is 0 Å². The van der Waals surface area contributed by atoms with Gasteiger partial charge in [0.2, 0.25) is 5.91 Å². The molecule has 1 aromatic carbocycles. The van der Waals surface area contributed by atoms with Crippen molar-refractivity contribution in [2.75, 3.05) is 17.2 Å². The van der Waals surface area contributed by atoms with Crippen LogP contribution in [0.3, 0.4) is 0 Å². The Morgan fingerprint density at radius 2 is 2.18 bits per heavy atom. The van der Waals surface area contributed by atoms with Crippen LogP contribution in [0.5, 0.6) is 0 Å². The van der Waals surface area contributed by atoms with Gasteiger partial charge in [0.15, 0.2) is 0 Å². The number of aromatic nitrogens is 2. The number of nitrogens with zero attached hydrogens (tertiary/aromatic N) is 3. The van der Waals surface area contributed by atoms with E-state index in [1.165, 1.54) is 5.56 Å². The Morgan fingerprint density at radius 3 is 2.96 bits per heavy atom. The zero-order valence-electron chi connectivity index (χ0n) is 14.6. The van der Waals surface area contributed by atoms with Gasteiger partial charge in [-0.05, 0) is 36.3 Å². The Kier molecular flexibility index (Phi) is 5.87. The molecular formula is C19H15BrCl2N4OS. The molecule has 0 bridgehead atoms. The Balaban J connectivity index is 1.66. The molecule has 144 valence electrons. The second-order valence-electron chi connectivity index (χ2n) is 6.23. The van der Waals surface area contributed by atoms with Crippen molar-refractivity contribution < 1.29 is 4.79 Å². The molecule has 0 fully saturated rings. The van der Waals surface area contributed by atoms with Crippen LogP contribution >= 0.6 is 50.5 Å². The summed E-state index contributed by atoms with van der Waals surface area (Å²) in [7, 11) is 0. The predicted molar refractivity (Wildman–Crippen MR) is 119 cm³/mol. The van der Waals surface area contributed by atoms with Crippen LogP contribution in [-0.2, 0) is 17.8 Å². The summed E-state index contributed by atoms with van der Waals surface area (Å²) in [6.07, 6.45) is 5.75. The number of nitrogens with one attached hydrogen (secondary N) is 1. The first kappa shape index (κ1) is 19.6. The van der Waals surface area contributed by atoms with Gasteiger partial charge in [0.05, 0.1) is 22.0 Å². The third kappa shape index (κ3) is 3.89. The van der Waals surface area contributed by atoms with Crippen LogP contribution in [0.2, 0.25) is 10.0 Å². The summed E-state index contributed by atoms with van der Waals surface area (Å²) in [5.41, 5.74) is 2.01. The van der Waals surface area contributed by atoms with Crippen LogP contribution in [0, 0.1) is 0 Å². The number of benzene rings is 1. The highest BCUT2D eigenvalue weighted by atomic mass is 79.9. The highest BCUT2D eigenvalue weighted by molar-refractivity contribution is 9.09. The summed E-state index contributed by atoms with van der Waals surface area (Å²) < 4.78 is 0. The zero-order valence-corrected chi connectivity index (χ0v) is 18.5. The third-order valence-corrected chi connectivity index (χ3v) is 6.72. The molecule has 0 saturated carbocycles. The van der Waals surface area contributed by atoms with E-state index in [2.05, 4.69) is 31.2 Å². The Bertz CT molecular complexity index is 1090. The van der Waals surface area contributed by atoms with Crippen LogP contribution in [0.4, 0.5) is 11.5 Å². The van der Waals surface area contributed by atoms with Gasteiger partial charge in [-0.3, -0.25) is 4.79 Å². The van der Waals surface area contributed by atoms with Gasteiger partial charge in [0.25, 0.3) is 0 Å². The van der Waals surface area contributed by atoms with Crippen molar-refractivity contribution in [2.45, 2.75) is 13.0 Å². The molecule has 0 radical (unpaired) electrons. The molecule has 2 aromatic heterocycles. The number of anilines is 2. The van der Waals surface area contributed by atoms with Crippen molar-refractivity contribution in [1.29, 1.82) is 0 Å². The topological polar surface area (TPSA) is 58.1 Å². The molecule has 1 aliphatic heterocycles. The molecule has 5 nitrogen and oxygen atoms in total. The van der Waals surface area contributed by atoms with Gasteiger partial charge in [0.1, 0.15) is 17.0 Å². The number of carbonyl (C=O) groups excluding carboxylic acids is 1. The summed E-state index contributed by atoms with van der Waals surface area (Å²) in [5, 5.41) is 5.99. The number of fused-ring (bicyclic) bond motifs is 3. The van der Waals surface area contributed by atoms with Gasteiger partial charge in [-0.1, -0.05) is 45.2 Å². The second kappa shape index (κ2) is 8.37. The summed E-state index contributed by atoms with van der Waals surface area (Å²) >= 11 is 17.0. The minimum absolute atomic E-state index is 0.0304. The fourth-order valence-electron chi connectivity index (χ4n) is 3.17. The van der Waals surface area contributed by atoms with Crippen molar-refractivity contribution >= 4 is 78.1 Å². The molecule has 1 N–H and O–H groups in total. The standard InChI is InChI=1S/C19H15BrCl2N4OS/c20-6-1-2-16(27)26-7-5-12-15(9-26)28-19-17(12)18(23-10-24-19)25-11-3-4-13(21)14(22)8-11/h1-4,8,10H,5-7,9H2,(H,23,24,25). The van der Waals surface area contributed by atoms with E-state index >= 15 is 0 Å². The fourth-order valence-corrected chi connectivity index (χ4v) is 4.86. The number of rotatable bonds is 4. The Morgan fingerprint density at radius 1 is 1.32 bits per heavy atom. The minimum atomic E-state index is 0.0304. The van der Waals surface area contributed by atoms with Crippen LogP contribution < -0.4 is 5.32 Å². The first-order valence-corrected chi connectivity index (χ1v) is 11.2. The minimum Gasteiger partial charge on any atom is -0.340 e. The monoisotopic (exact) mass is 496 g/mol. The van der Waals surface area contributed by atoms with Gasteiger partial charge < -0.3 is 10.2 Å². The zero-order chi connectivity index (χ0) is 19.7. The molecule has 1 aliphatic rings. The average Bonchev–Trinajstić information content (AvgIpc) is 3.07. The average molecular weight is 498 g/mol. The van der Waals surface area contributed by atoms with E-state index in [1.54, 1.807) is 35.9 Å². The highest BCUT2D eigenvalue weighted by Crippen LogP contribution is 2.38. The van der Waals surface area contributed by atoms with Gasteiger partial charge in [-0.2, -0.15) is 0 Å². The Hall–Kier alpha value is -1.67. The summed E-state index contributed by atoms with van der Waals surface area (Å²) in [4.78, 5) is 25.1. The molecule has 0 saturated heterocycles. The van der Waals surface area contributed by atoms with E-state index in [4.69, 9.17) is 23.2 Å². The van der Waals surface area contributed by atoms with Crippen molar-refractivity contribution in [3.8, 4) is 0 Å². The molecular weight excluding hydrogens is 483 g/mol. The van der Waals surface area contributed by atoms with E-state index in [1.807, 2.05) is 17.0 Å². The maximum absolute atomic E-state index is 12.3. The number of hydrogen-bond acceptors (Lipinski definition) is 5.